The van der Waals surface area contributed by atoms with Crippen molar-refractivity contribution in [2.75, 3.05) is 6.61 Å². The highest BCUT2D eigenvalue weighted by atomic mass is 16.5. The molecule has 0 bridgehead atoms. The van der Waals surface area contributed by atoms with Gasteiger partial charge in [-0.2, -0.15) is 0 Å². The monoisotopic (exact) mass is 250 g/mol. The molecule has 0 saturated heterocycles. The molecule has 0 aliphatic rings. The van der Waals surface area contributed by atoms with Crippen molar-refractivity contribution in [1.29, 1.82) is 0 Å². The van der Waals surface area contributed by atoms with Crippen LogP contribution in [0.5, 0.6) is 5.75 Å². The minimum absolute atomic E-state index is 0.0102. The van der Waals surface area contributed by atoms with E-state index in [1.165, 1.54) is 0 Å². The zero-order chi connectivity index (χ0) is 13.8. The highest BCUT2D eigenvalue weighted by Gasteiger charge is 2.21. The zero-order valence-corrected chi connectivity index (χ0v) is 11.6. The highest BCUT2D eigenvalue weighted by molar-refractivity contribution is 5.67. The summed E-state index contributed by atoms with van der Waals surface area (Å²) in [5.74, 6) is 0.0763. The number of aliphatic carboxylic acids is 1. The van der Waals surface area contributed by atoms with Gasteiger partial charge < -0.3 is 9.84 Å². The molecule has 0 aliphatic heterocycles. The molecule has 0 spiro atoms. The lowest BCUT2D eigenvalue weighted by Gasteiger charge is -2.24. The maximum absolute atomic E-state index is 10.7. The lowest BCUT2D eigenvalue weighted by Crippen LogP contribution is -2.15. The van der Waals surface area contributed by atoms with E-state index in [9.17, 15) is 4.79 Å². The molecular formula is C15H22O3. The summed E-state index contributed by atoms with van der Waals surface area (Å²) < 4.78 is 5.73. The normalized spacial score (nSPS) is 11.3. The molecule has 0 unspecified atom stereocenters. The predicted molar refractivity (Wildman–Crippen MR) is 72.3 cm³/mol. The summed E-state index contributed by atoms with van der Waals surface area (Å²) in [7, 11) is 0. The lowest BCUT2D eigenvalue weighted by atomic mass is 9.84. The minimum Gasteiger partial charge on any atom is -0.493 e. The van der Waals surface area contributed by atoms with Crippen molar-refractivity contribution in [1.82, 2.24) is 0 Å². The quantitative estimate of drug-likeness (QED) is 0.871. The molecule has 0 aromatic heterocycles. The number of carboxylic acids is 1. The fourth-order valence-corrected chi connectivity index (χ4v) is 1.93. The molecule has 1 aromatic rings. The van der Waals surface area contributed by atoms with Gasteiger partial charge in [0, 0.05) is 6.42 Å². The second kappa shape index (κ2) is 5.89. The fraction of sp³-hybridized carbons (Fsp3) is 0.533. The molecule has 0 saturated carbocycles. The Bertz CT molecular complexity index is 416. The molecule has 0 radical (unpaired) electrons. The molecule has 1 N–H and O–H groups in total. The molecule has 1 rings (SSSR count). The zero-order valence-electron chi connectivity index (χ0n) is 11.6. The molecule has 0 heterocycles. The Kier molecular flexibility index (Phi) is 4.76. The molecule has 3 heteroatoms. The van der Waals surface area contributed by atoms with Gasteiger partial charge in [0.2, 0.25) is 0 Å². The smallest absolute Gasteiger partial charge is 0.303 e. The largest absolute Gasteiger partial charge is 0.493 e. The Morgan fingerprint density at radius 3 is 2.50 bits per heavy atom. The van der Waals surface area contributed by atoms with Crippen LogP contribution in [0, 0.1) is 0 Å². The van der Waals surface area contributed by atoms with Crippen molar-refractivity contribution >= 4 is 5.97 Å². The van der Waals surface area contributed by atoms with Crippen LogP contribution < -0.4 is 4.74 Å². The number of hydrogen-bond donors (Lipinski definition) is 1. The van der Waals surface area contributed by atoms with Crippen LogP contribution in [0.15, 0.2) is 18.2 Å². The number of rotatable bonds is 5. The second-order valence-electron chi connectivity index (χ2n) is 5.37. The molecule has 0 fully saturated rings. The van der Waals surface area contributed by atoms with Crippen LogP contribution in [0.4, 0.5) is 0 Å². The van der Waals surface area contributed by atoms with Crippen LogP contribution in [0.25, 0.3) is 0 Å². The third-order valence-electron chi connectivity index (χ3n) is 2.80. The molecule has 100 valence electrons. The Balaban J connectivity index is 3.13. The molecule has 3 nitrogen and oxygen atoms in total. The average molecular weight is 250 g/mol. The van der Waals surface area contributed by atoms with E-state index >= 15 is 0 Å². The van der Waals surface area contributed by atoms with E-state index in [4.69, 9.17) is 9.84 Å². The van der Waals surface area contributed by atoms with Crippen molar-refractivity contribution in [3.8, 4) is 5.75 Å². The maximum Gasteiger partial charge on any atom is 0.303 e. The summed E-state index contributed by atoms with van der Waals surface area (Å²) >= 11 is 0. The number of para-hydroxylation sites is 1. The van der Waals surface area contributed by atoms with Gasteiger partial charge in [-0.1, -0.05) is 39.0 Å². The van der Waals surface area contributed by atoms with Crippen LogP contribution in [0.3, 0.4) is 0 Å². The third-order valence-corrected chi connectivity index (χ3v) is 2.80. The van der Waals surface area contributed by atoms with Crippen LogP contribution in [-0.2, 0) is 16.6 Å². The Morgan fingerprint density at radius 1 is 1.33 bits per heavy atom. The Hall–Kier alpha value is -1.51. The summed E-state index contributed by atoms with van der Waals surface area (Å²) in [5, 5.41) is 8.78. The molecular weight excluding hydrogens is 228 g/mol. The van der Waals surface area contributed by atoms with Gasteiger partial charge in [0.15, 0.2) is 0 Å². The van der Waals surface area contributed by atoms with Crippen LogP contribution >= 0.6 is 0 Å². The molecule has 1 aromatic carbocycles. The average Bonchev–Trinajstić information content (AvgIpc) is 2.26. The highest BCUT2D eigenvalue weighted by Crippen LogP contribution is 2.34. The maximum atomic E-state index is 10.7. The summed E-state index contributed by atoms with van der Waals surface area (Å²) in [6, 6.07) is 5.97. The number of aryl methyl sites for hydroxylation is 1. The van der Waals surface area contributed by atoms with Crippen molar-refractivity contribution in [3.63, 3.8) is 0 Å². The van der Waals surface area contributed by atoms with Gasteiger partial charge in [0.1, 0.15) is 5.75 Å². The van der Waals surface area contributed by atoms with Crippen molar-refractivity contribution < 1.29 is 14.6 Å². The van der Waals surface area contributed by atoms with E-state index in [1.807, 2.05) is 19.1 Å². The van der Waals surface area contributed by atoms with E-state index in [2.05, 4.69) is 26.8 Å². The standard InChI is InChI=1S/C15H22O3/c1-5-18-14-11(9-10-13(16)17)7-6-8-12(14)15(2,3)4/h6-8H,5,9-10H2,1-4H3,(H,16,17). The van der Waals surface area contributed by atoms with Gasteiger partial charge in [-0.3, -0.25) is 4.79 Å². The minimum atomic E-state index is -0.779. The SMILES string of the molecule is CCOc1c(CCC(=O)O)cccc1C(C)(C)C. The first-order valence-electron chi connectivity index (χ1n) is 6.33. The van der Waals surface area contributed by atoms with Crippen molar-refractivity contribution in [2.24, 2.45) is 0 Å². The van der Waals surface area contributed by atoms with Gasteiger partial charge >= 0.3 is 5.97 Å². The Morgan fingerprint density at radius 2 is 2.00 bits per heavy atom. The van der Waals surface area contributed by atoms with E-state index in [0.29, 0.717) is 13.0 Å². The van der Waals surface area contributed by atoms with E-state index < -0.39 is 5.97 Å². The van der Waals surface area contributed by atoms with Crippen molar-refractivity contribution in [2.45, 2.75) is 46.0 Å². The van der Waals surface area contributed by atoms with Crippen LogP contribution in [-0.4, -0.2) is 17.7 Å². The lowest BCUT2D eigenvalue weighted by molar-refractivity contribution is -0.136. The van der Waals surface area contributed by atoms with Gasteiger partial charge in [-0.05, 0) is 29.9 Å². The van der Waals surface area contributed by atoms with Gasteiger partial charge in [-0.15, -0.1) is 0 Å². The van der Waals surface area contributed by atoms with Gasteiger partial charge in [0.25, 0.3) is 0 Å². The predicted octanol–water partition coefficient (Wildman–Crippen LogP) is 3.40. The summed E-state index contributed by atoms with van der Waals surface area (Å²) in [6.07, 6.45) is 0.641. The number of hydrogen-bond acceptors (Lipinski definition) is 2. The second-order valence-corrected chi connectivity index (χ2v) is 5.37. The van der Waals surface area contributed by atoms with E-state index in [1.54, 1.807) is 0 Å². The van der Waals surface area contributed by atoms with E-state index in [-0.39, 0.29) is 11.8 Å². The summed E-state index contributed by atoms with van der Waals surface area (Å²) in [4.78, 5) is 10.7. The van der Waals surface area contributed by atoms with Crippen LogP contribution in [0.2, 0.25) is 0 Å². The number of carboxylic acid groups (broad SMARTS) is 1. The molecule has 0 aliphatic carbocycles. The first-order chi connectivity index (χ1) is 8.36. The summed E-state index contributed by atoms with van der Waals surface area (Å²) in [6.45, 7) is 8.93. The first kappa shape index (κ1) is 14.6. The number of ether oxygens (including phenoxy) is 1. The third kappa shape index (κ3) is 3.76. The first-order valence-corrected chi connectivity index (χ1v) is 6.33. The Labute approximate surface area is 109 Å². The fourth-order valence-electron chi connectivity index (χ4n) is 1.93. The van der Waals surface area contributed by atoms with Gasteiger partial charge in [-0.25, -0.2) is 0 Å². The van der Waals surface area contributed by atoms with E-state index in [0.717, 1.165) is 16.9 Å². The molecule has 18 heavy (non-hydrogen) atoms. The van der Waals surface area contributed by atoms with Gasteiger partial charge in [0.05, 0.1) is 6.61 Å². The molecule has 0 amide bonds. The topological polar surface area (TPSA) is 46.5 Å². The van der Waals surface area contributed by atoms with Crippen molar-refractivity contribution in [3.05, 3.63) is 29.3 Å². The summed E-state index contributed by atoms with van der Waals surface area (Å²) in [5.41, 5.74) is 2.10. The van der Waals surface area contributed by atoms with Crippen LogP contribution in [0.1, 0.15) is 45.2 Å². The number of carbonyl (C=O) groups is 1. The molecule has 0 atom stereocenters. The number of benzene rings is 1.